The van der Waals surface area contributed by atoms with Crippen molar-refractivity contribution in [2.24, 2.45) is 0 Å². The van der Waals surface area contributed by atoms with Crippen molar-refractivity contribution in [2.45, 2.75) is 35.9 Å². The molecule has 0 radical (unpaired) electrons. The van der Waals surface area contributed by atoms with Crippen LogP contribution in [0.3, 0.4) is 0 Å². The molecule has 3 N–H and O–H groups in total. The van der Waals surface area contributed by atoms with Gasteiger partial charge in [-0.15, -0.1) is 0 Å². The molecule has 1 atom stereocenters. The number of halogens is 9. The lowest BCUT2D eigenvalue weighted by Gasteiger charge is -2.42. The number of hydrogen-bond donors (Lipinski definition) is 2. The summed E-state index contributed by atoms with van der Waals surface area (Å²) in [5, 5.41) is 4.31. The van der Waals surface area contributed by atoms with Crippen LogP contribution in [0.5, 0.6) is 0 Å². The number of anilines is 2. The van der Waals surface area contributed by atoms with Gasteiger partial charge in [-0.05, 0) is 12.1 Å². The third kappa shape index (κ3) is 3.01. The number of rotatable bonds is 2. The van der Waals surface area contributed by atoms with Crippen LogP contribution in [0.4, 0.5) is 51.0 Å². The number of fused-ring (bicyclic) bond motifs is 3. The van der Waals surface area contributed by atoms with Crippen LogP contribution in [-0.4, -0.2) is 32.1 Å². The minimum absolute atomic E-state index is 0.215. The monoisotopic (exact) mass is 466 g/mol. The standard InChI is InChI=1S/C15H11F9N4OS/c1-2-30(29)9-10(13(16,17)18)27-28-8-5-6(25)3-4-7(8)12(14(19,20)21,15(22,23)24)26-11(9)28/h3-5,26H,2,25H2,1H3. The summed E-state index contributed by atoms with van der Waals surface area (Å²) in [7, 11) is -2.61. The van der Waals surface area contributed by atoms with Crippen LogP contribution in [0.2, 0.25) is 0 Å². The summed E-state index contributed by atoms with van der Waals surface area (Å²) in [6, 6.07) is 1.79. The number of benzene rings is 1. The van der Waals surface area contributed by atoms with E-state index < -0.39 is 68.3 Å². The van der Waals surface area contributed by atoms with E-state index in [0.29, 0.717) is 12.1 Å². The zero-order chi connectivity index (χ0) is 22.9. The van der Waals surface area contributed by atoms with Gasteiger partial charge in [0.05, 0.1) is 16.5 Å². The number of nitrogens with one attached hydrogen (secondary N) is 1. The maximum Gasteiger partial charge on any atom is 0.436 e. The number of hydrogen-bond acceptors (Lipinski definition) is 4. The quantitative estimate of drug-likeness (QED) is 0.510. The summed E-state index contributed by atoms with van der Waals surface area (Å²) < 4.78 is 136. The van der Waals surface area contributed by atoms with Crippen LogP contribution >= 0.6 is 0 Å². The molecule has 3 rings (SSSR count). The Hall–Kier alpha value is -2.45. The second-order valence-corrected chi connectivity index (χ2v) is 7.89. The fourth-order valence-corrected chi connectivity index (χ4v) is 4.14. The lowest BCUT2D eigenvalue weighted by molar-refractivity contribution is -0.294. The lowest BCUT2D eigenvalue weighted by atomic mass is 9.85. The van der Waals surface area contributed by atoms with Crippen molar-refractivity contribution in [1.29, 1.82) is 0 Å². The maximum absolute atomic E-state index is 13.9. The minimum atomic E-state index is -6.05. The Bertz CT molecular complexity index is 1010. The van der Waals surface area contributed by atoms with Crippen LogP contribution in [0, 0.1) is 0 Å². The fraction of sp³-hybridized carbons (Fsp3) is 0.400. The van der Waals surface area contributed by atoms with Gasteiger partial charge in [-0.25, -0.2) is 4.68 Å². The Morgan fingerprint density at radius 2 is 1.67 bits per heavy atom. The molecule has 2 aromatic rings. The SMILES string of the molecule is CCS(=O)c1c(C(F)(F)F)nn2c1NC(C(F)(F)F)(C(F)(F)F)c1ccc(N)cc1-2. The van der Waals surface area contributed by atoms with E-state index in [-0.39, 0.29) is 10.4 Å². The summed E-state index contributed by atoms with van der Waals surface area (Å²) in [6.07, 6.45) is -17.4. The third-order valence-electron chi connectivity index (χ3n) is 4.41. The first-order valence-electron chi connectivity index (χ1n) is 7.96. The van der Waals surface area contributed by atoms with Crippen LogP contribution < -0.4 is 11.1 Å². The van der Waals surface area contributed by atoms with Gasteiger partial charge in [0.25, 0.3) is 5.54 Å². The molecule has 30 heavy (non-hydrogen) atoms. The molecular formula is C15H11F9N4OS. The number of nitrogens with zero attached hydrogens (tertiary/aromatic N) is 2. The zero-order valence-electron chi connectivity index (χ0n) is 14.6. The van der Waals surface area contributed by atoms with Crippen molar-refractivity contribution in [2.75, 3.05) is 16.8 Å². The number of aromatic nitrogens is 2. The van der Waals surface area contributed by atoms with Crippen molar-refractivity contribution in [3.63, 3.8) is 0 Å². The Labute approximate surface area is 164 Å². The zero-order valence-corrected chi connectivity index (χ0v) is 15.4. The molecule has 0 saturated carbocycles. The molecule has 1 aromatic heterocycles. The first-order chi connectivity index (χ1) is 13.6. The Morgan fingerprint density at radius 3 is 2.13 bits per heavy atom. The van der Waals surface area contributed by atoms with Gasteiger partial charge in [0.2, 0.25) is 0 Å². The molecule has 1 unspecified atom stereocenters. The second-order valence-electron chi connectivity index (χ2n) is 6.22. The highest BCUT2D eigenvalue weighted by Gasteiger charge is 2.74. The van der Waals surface area contributed by atoms with Gasteiger partial charge < -0.3 is 11.1 Å². The number of nitrogens with two attached hydrogens (primary N) is 1. The van der Waals surface area contributed by atoms with Gasteiger partial charge in [0.15, 0.2) is 5.69 Å². The summed E-state index contributed by atoms with van der Waals surface area (Å²) >= 11 is 0. The molecule has 5 nitrogen and oxygen atoms in total. The van der Waals surface area contributed by atoms with Crippen LogP contribution in [-0.2, 0) is 22.5 Å². The normalized spacial score (nSPS) is 17.1. The highest BCUT2D eigenvalue weighted by Crippen LogP contribution is 2.57. The van der Waals surface area contributed by atoms with Gasteiger partial charge in [-0.1, -0.05) is 13.0 Å². The van der Waals surface area contributed by atoms with E-state index in [0.717, 1.165) is 18.3 Å². The molecular weight excluding hydrogens is 455 g/mol. The lowest BCUT2D eigenvalue weighted by Crippen LogP contribution is -2.61. The molecule has 0 spiro atoms. The topological polar surface area (TPSA) is 72.9 Å². The number of nitrogen functional groups attached to an aromatic ring is 1. The van der Waals surface area contributed by atoms with Crippen LogP contribution in [0.25, 0.3) is 5.69 Å². The predicted octanol–water partition coefficient (Wildman–Crippen LogP) is 4.35. The molecule has 15 heteroatoms. The van der Waals surface area contributed by atoms with Crippen molar-refractivity contribution in [3.05, 3.63) is 29.5 Å². The summed E-state index contributed by atoms with van der Waals surface area (Å²) in [4.78, 5) is -1.31. The molecule has 1 aliphatic heterocycles. The highest BCUT2D eigenvalue weighted by molar-refractivity contribution is 7.85. The largest absolute Gasteiger partial charge is 0.436 e. The van der Waals surface area contributed by atoms with E-state index in [9.17, 15) is 43.7 Å². The van der Waals surface area contributed by atoms with E-state index in [1.807, 2.05) is 0 Å². The molecule has 1 aromatic carbocycles. The molecule has 1 aliphatic rings. The molecule has 0 fully saturated rings. The van der Waals surface area contributed by atoms with Crippen molar-refractivity contribution < 1.29 is 43.7 Å². The fourth-order valence-electron chi connectivity index (χ4n) is 3.13. The van der Waals surface area contributed by atoms with E-state index >= 15 is 0 Å². The number of alkyl halides is 9. The molecule has 2 heterocycles. The first kappa shape index (κ1) is 22.2. The first-order valence-corrected chi connectivity index (χ1v) is 9.28. The van der Waals surface area contributed by atoms with Gasteiger partial charge >= 0.3 is 18.5 Å². The van der Waals surface area contributed by atoms with E-state index in [4.69, 9.17) is 5.73 Å². The highest BCUT2D eigenvalue weighted by atomic mass is 32.2. The molecule has 0 amide bonds. The predicted molar refractivity (Wildman–Crippen MR) is 87.3 cm³/mol. The minimum Gasteiger partial charge on any atom is -0.399 e. The van der Waals surface area contributed by atoms with Gasteiger partial charge in [0, 0.05) is 17.0 Å². The van der Waals surface area contributed by atoms with Gasteiger partial charge in [-0.2, -0.15) is 44.6 Å². The van der Waals surface area contributed by atoms with Crippen molar-refractivity contribution in [1.82, 2.24) is 9.78 Å². The Morgan fingerprint density at radius 1 is 1.10 bits per heavy atom. The Kier molecular flexibility index (Phi) is 4.84. The average Bonchev–Trinajstić information content (AvgIpc) is 2.98. The summed E-state index contributed by atoms with van der Waals surface area (Å²) in [5.74, 6) is -1.84. The van der Waals surface area contributed by atoms with Crippen molar-refractivity contribution in [3.8, 4) is 5.69 Å². The van der Waals surface area contributed by atoms with E-state index in [1.165, 1.54) is 0 Å². The maximum atomic E-state index is 13.9. The van der Waals surface area contributed by atoms with Crippen molar-refractivity contribution >= 4 is 22.3 Å². The third-order valence-corrected chi connectivity index (χ3v) is 5.78. The Balaban J connectivity index is 2.52. The van der Waals surface area contributed by atoms with Crippen LogP contribution in [0.15, 0.2) is 23.1 Å². The van der Waals surface area contributed by atoms with E-state index in [2.05, 4.69) is 5.10 Å². The summed E-state index contributed by atoms with van der Waals surface area (Å²) in [6.45, 7) is 1.15. The van der Waals surface area contributed by atoms with E-state index in [1.54, 1.807) is 0 Å². The molecule has 0 bridgehead atoms. The van der Waals surface area contributed by atoms with Gasteiger partial charge in [-0.3, -0.25) is 4.21 Å². The van der Waals surface area contributed by atoms with Gasteiger partial charge in [0.1, 0.15) is 10.7 Å². The summed E-state index contributed by atoms with van der Waals surface area (Å²) in [5.41, 5.74) is -3.93. The smallest absolute Gasteiger partial charge is 0.399 e. The molecule has 0 saturated heterocycles. The average molecular weight is 466 g/mol. The van der Waals surface area contributed by atoms with Crippen LogP contribution in [0.1, 0.15) is 18.2 Å². The molecule has 0 aliphatic carbocycles. The molecule has 166 valence electrons. The second kappa shape index (κ2) is 6.52.